The third kappa shape index (κ3) is 6.04. The van der Waals surface area contributed by atoms with Crippen LogP contribution in [0.5, 0.6) is 5.75 Å². The number of halogens is 1. The molecule has 31 heavy (non-hydrogen) atoms. The smallest absolute Gasteiger partial charge is 0.273 e. The summed E-state index contributed by atoms with van der Waals surface area (Å²) in [4.78, 5) is 12.5. The van der Waals surface area contributed by atoms with Crippen LogP contribution in [0.3, 0.4) is 0 Å². The van der Waals surface area contributed by atoms with Gasteiger partial charge in [-0.05, 0) is 66.3 Å². The first-order chi connectivity index (χ1) is 15.0. The minimum absolute atomic E-state index is 0.213. The average Bonchev–Trinajstić information content (AvgIpc) is 3.22. The number of methoxy groups -OCH3 is 1. The van der Waals surface area contributed by atoms with Crippen molar-refractivity contribution in [1.29, 1.82) is 0 Å². The van der Waals surface area contributed by atoms with Crippen molar-refractivity contribution >= 4 is 11.5 Å². The van der Waals surface area contributed by atoms with E-state index >= 15 is 0 Å². The SMILES string of the molecule is CCC=C(CCNC(=O)c1cc(Cc2cccc(F)c2)on1)c1cc(OC)ccc1C. The molecule has 0 bridgehead atoms. The fourth-order valence-corrected chi connectivity index (χ4v) is 3.42. The number of benzene rings is 2. The van der Waals surface area contributed by atoms with Gasteiger partial charge in [0, 0.05) is 19.0 Å². The van der Waals surface area contributed by atoms with Crippen molar-refractivity contribution in [3.8, 4) is 5.75 Å². The van der Waals surface area contributed by atoms with Gasteiger partial charge < -0.3 is 14.6 Å². The van der Waals surface area contributed by atoms with E-state index in [1.54, 1.807) is 25.3 Å². The summed E-state index contributed by atoms with van der Waals surface area (Å²) >= 11 is 0. The Balaban J connectivity index is 1.60. The summed E-state index contributed by atoms with van der Waals surface area (Å²) in [6.45, 7) is 4.61. The normalized spacial score (nSPS) is 11.4. The Hall–Kier alpha value is -3.41. The van der Waals surface area contributed by atoms with Crippen LogP contribution in [-0.4, -0.2) is 24.7 Å². The maximum Gasteiger partial charge on any atom is 0.273 e. The highest BCUT2D eigenvalue weighted by Crippen LogP contribution is 2.26. The second kappa shape index (κ2) is 10.6. The molecule has 0 unspecified atom stereocenters. The topological polar surface area (TPSA) is 64.4 Å². The molecule has 0 radical (unpaired) electrons. The largest absolute Gasteiger partial charge is 0.497 e. The number of hydrogen-bond acceptors (Lipinski definition) is 4. The second-order valence-electron chi connectivity index (χ2n) is 7.31. The van der Waals surface area contributed by atoms with E-state index in [0.29, 0.717) is 25.1 Å². The monoisotopic (exact) mass is 422 g/mol. The number of aromatic nitrogens is 1. The lowest BCUT2D eigenvalue weighted by Crippen LogP contribution is -2.25. The summed E-state index contributed by atoms with van der Waals surface area (Å²) in [5, 5.41) is 6.75. The first-order valence-electron chi connectivity index (χ1n) is 10.3. The van der Waals surface area contributed by atoms with Gasteiger partial charge >= 0.3 is 0 Å². The molecule has 3 aromatic rings. The Morgan fingerprint density at radius 2 is 2.06 bits per heavy atom. The predicted octanol–water partition coefficient (Wildman–Crippen LogP) is 5.34. The highest BCUT2D eigenvalue weighted by atomic mass is 19.1. The van der Waals surface area contributed by atoms with Crippen molar-refractivity contribution in [2.45, 2.75) is 33.1 Å². The van der Waals surface area contributed by atoms with Crippen LogP contribution in [0.4, 0.5) is 4.39 Å². The number of nitrogens with zero attached hydrogens (tertiary/aromatic N) is 1. The molecule has 0 aliphatic heterocycles. The number of nitrogens with one attached hydrogen (secondary N) is 1. The van der Waals surface area contributed by atoms with Crippen LogP contribution < -0.4 is 10.1 Å². The van der Waals surface area contributed by atoms with Crippen molar-refractivity contribution in [3.63, 3.8) is 0 Å². The van der Waals surface area contributed by atoms with Gasteiger partial charge in [0.25, 0.3) is 5.91 Å². The molecule has 0 aliphatic rings. The van der Waals surface area contributed by atoms with Gasteiger partial charge in [-0.3, -0.25) is 4.79 Å². The first kappa shape index (κ1) is 22.3. The minimum Gasteiger partial charge on any atom is -0.497 e. The molecule has 0 aliphatic carbocycles. The summed E-state index contributed by atoms with van der Waals surface area (Å²) in [5.41, 5.74) is 4.40. The summed E-state index contributed by atoms with van der Waals surface area (Å²) in [5.74, 6) is 0.707. The van der Waals surface area contributed by atoms with Gasteiger partial charge in [-0.1, -0.05) is 36.4 Å². The molecular weight excluding hydrogens is 395 g/mol. The van der Waals surface area contributed by atoms with Crippen LogP contribution in [0.25, 0.3) is 5.57 Å². The van der Waals surface area contributed by atoms with Crippen molar-refractivity contribution in [2.75, 3.05) is 13.7 Å². The Kier molecular flexibility index (Phi) is 7.60. The van der Waals surface area contributed by atoms with Gasteiger partial charge in [0.15, 0.2) is 5.69 Å². The van der Waals surface area contributed by atoms with Crippen LogP contribution in [0.1, 0.15) is 52.7 Å². The van der Waals surface area contributed by atoms with Crippen LogP contribution in [-0.2, 0) is 6.42 Å². The number of carbonyl (C=O) groups excluding carboxylic acids is 1. The number of amides is 1. The van der Waals surface area contributed by atoms with Gasteiger partial charge in [-0.15, -0.1) is 0 Å². The van der Waals surface area contributed by atoms with Gasteiger partial charge in [0.1, 0.15) is 17.3 Å². The first-order valence-corrected chi connectivity index (χ1v) is 10.3. The van der Waals surface area contributed by atoms with Crippen molar-refractivity contribution in [2.24, 2.45) is 0 Å². The Bertz CT molecular complexity index is 1070. The molecule has 162 valence electrons. The predicted molar refractivity (Wildman–Crippen MR) is 119 cm³/mol. The zero-order valence-electron chi connectivity index (χ0n) is 18.1. The van der Waals surface area contributed by atoms with Crippen molar-refractivity contribution < 1.29 is 18.4 Å². The maximum atomic E-state index is 13.3. The molecular formula is C25H27FN2O3. The van der Waals surface area contributed by atoms with Gasteiger partial charge in [0.05, 0.1) is 7.11 Å². The lowest BCUT2D eigenvalue weighted by Gasteiger charge is -2.13. The van der Waals surface area contributed by atoms with Crippen molar-refractivity contribution in [1.82, 2.24) is 10.5 Å². The van der Waals surface area contributed by atoms with E-state index in [2.05, 4.69) is 30.4 Å². The van der Waals surface area contributed by atoms with E-state index in [9.17, 15) is 9.18 Å². The van der Waals surface area contributed by atoms with E-state index in [0.717, 1.165) is 34.4 Å². The van der Waals surface area contributed by atoms with E-state index in [1.807, 2.05) is 18.2 Å². The number of allylic oxidation sites excluding steroid dienone is 1. The Morgan fingerprint density at radius 3 is 2.81 bits per heavy atom. The highest BCUT2D eigenvalue weighted by molar-refractivity contribution is 5.92. The van der Waals surface area contributed by atoms with Gasteiger partial charge in [-0.25, -0.2) is 4.39 Å². The maximum absolute atomic E-state index is 13.3. The number of carbonyl (C=O) groups is 1. The standard InChI is InChI=1S/C25H27FN2O3/c1-4-6-19(23-15-21(30-3)10-9-17(23)2)11-12-27-25(29)24-16-22(31-28-24)14-18-7-5-8-20(26)13-18/h5-10,13,15-16H,4,11-12,14H2,1-3H3,(H,27,29). The molecule has 0 spiro atoms. The fraction of sp³-hybridized carbons (Fsp3) is 0.280. The van der Waals surface area contributed by atoms with Gasteiger partial charge in [0.2, 0.25) is 0 Å². The van der Waals surface area contributed by atoms with E-state index < -0.39 is 0 Å². The molecule has 3 rings (SSSR count). The van der Waals surface area contributed by atoms with Crippen molar-refractivity contribution in [3.05, 3.63) is 88.6 Å². The zero-order valence-corrected chi connectivity index (χ0v) is 18.1. The number of aryl methyl sites for hydroxylation is 1. The van der Waals surface area contributed by atoms with Crippen LogP contribution in [0.15, 0.2) is 59.1 Å². The van der Waals surface area contributed by atoms with E-state index in [1.165, 1.54) is 12.1 Å². The third-order valence-electron chi connectivity index (χ3n) is 4.98. The molecule has 1 heterocycles. The molecule has 5 nitrogen and oxygen atoms in total. The molecule has 6 heteroatoms. The summed E-state index contributed by atoms with van der Waals surface area (Å²) in [6, 6.07) is 13.8. The molecule has 0 saturated heterocycles. The lowest BCUT2D eigenvalue weighted by atomic mass is 9.96. The lowest BCUT2D eigenvalue weighted by molar-refractivity contribution is 0.0945. The summed E-state index contributed by atoms with van der Waals surface area (Å²) < 4.78 is 23.9. The van der Waals surface area contributed by atoms with E-state index in [4.69, 9.17) is 9.26 Å². The quantitative estimate of drug-likeness (QED) is 0.506. The Labute approximate surface area is 181 Å². The van der Waals surface area contributed by atoms with Crippen LogP contribution >= 0.6 is 0 Å². The molecule has 1 N–H and O–H groups in total. The van der Waals surface area contributed by atoms with Gasteiger partial charge in [-0.2, -0.15) is 0 Å². The number of ether oxygens (including phenoxy) is 1. The fourth-order valence-electron chi connectivity index (χ4n) is 3.42. The Morgan fingerprint density at radius 1 is 1.23 bits per heavy atom. The summed E-state index contributed by atoms with van der Waals surface area (Å²) in [7, 11) is 1.65. The van der Waals surface area contributed by atoms with E-state index in [-0.39, 0.29) is 17.4 Å². The molecule has 1 amide bonds. The molecule has 0 saturated carbocycles. The minimum atomic E-state index is -0.308. The number of rotatable bonds is 9. The average molecular weight is 423 g/mol. The molecule has 2 aromatic carbocycles. The molecule has 0 atom stereocenters. The zero-order chi connectivity index (χ0) is 22.2. The van der Waals surface area contributed by atoms with Crippen LogP contribution in [0.2, 0.25) is 0 Å². The summed E-state index contributed by atoms with van der Waals surface area (Å²) in [6.07, 6.45) is 4.12. The number of hydrogen-bond donors (Lipinski definition) is 1. The second-order valence-corrected chi connectivity index (χ2v) is 7.31. The molecule has 0 fully saturated rings. The molecule has 1 aromatic heterocycles. The highest BCUT2D eigenvalue weighted by Gasteiger charge is 2.14. The van der Waals surface area contributed by atoms with Crippen LogP contribution in [0, 0.1) is 12.7 Å². The third-order valence-corrected chi connectivity index (χ3v) is 4.98.